The Morgan fingerprint density at radius 3 is 2.84 bits per heavy atom. The molecule has 1 saturated heterocycles. The lowest BCUT2D eigenvalue weighted by Crippen LogP contribution is -2.39. The van der Waals surface area contributed by atoms with Crippen molar-refractivity contribution in [1.82, 2.24) is 15.1 Å². The molecule has 2 amide bonds. The summed E-state index contributed by atoms with van der Waals surface area (Å²) in [6.45, 7) is 4.23. The number of likely N-dealkylation sites (tertiary alicyclic amines) is 1. The Morgan fingerprint density at radius 1 is 1.53 bits per heavy atom. The van der Waals surface area contributed by atoms with Gasteiger partial charge < -0.3 is 15.3 Å². The van der Waals surface area contributed by atoms with E-state index in [0.29, 0.717) is 12.2 Å². The molecule has 1 aliphatic heterocycles. The van der Waals surface area contributed by atoms with Gasteiger partial charge in [0.15, 0.2) is 0 Å². The summed E-state index contributed by atoms with van der Waals surface area (Å²) in [5, 5.41) is 18.5. The van der Waals surface area contributed by atoms with E-state index < -0.39 is 5.97 Å². The molecule has 2 rings (SSSR count). The van der Waals surface area contributed by atoms with Crippen molar-refractivity contribution in [2.24, 2.45) is 0 Å². The number of urea groups is 1. The number of hydrogen-bond acceptors (Lipinski definition) is 3. The van der Waals surface area contributed by atoms with Crippen LogP contribution in [0.3, 0.4) is 0 Å². The number of aromatic amines is 1. The molecule has 1 aromatic heterocycles. The number of aryl methyl sites for hydroxylation is 2. The number of carboxylic acids is 1. The number of amides is 2. The van der Waals surface area contributed by atoms with E-state index in [4.69, 9.17) is 5.11 Å². The Balaban J connectivity index is 2.05. The minimum Gasteiger partial charge on any atom is -0.481 e. The number of aromatic nitrogens is 2. The Hall–Kier alpha value is -2.05. The first kappa shape index (κ1) is 13.4. The van der Waals surface area contributed by atoms with Crippen LogP contribution in [0, 0.1) is 13.8 Å². The summed E-state index contributed by atoms with van der Waals surface area (Å²) in [6.07, 6.45) is 1.58. The number of carboxylic acid groups (broad SMARTS) is 1. The van der Waals surface area contributed by atoms with E-state index in [1.165, 1.54) is 0 Å². The van der Waals surface area contributed by atoms with Gasteiger partial charge >= 0.3 is 12.0 Å². The third-order valence-electron chi connectivity index (χ3n) is 3.41. The summed E-state index contributed by atoms with van der Waals surface area (Å²) in [5.74, 6) is -0.875. The van der Waals surface area contributed by atoms with E-state index in [1.54, 1.807) is 11.8 Å². The number of nitrogens with one attached hydrogen (secondary N) is 2. The van der Waals surface area contributed by atoms with E-state index in [0.717, 1.165) is 24.2 Å². The lowest BCUT2D eigenvalue weighted by atomic mass is 10.1. The topological polar surface area (TPSA) is 98.3 Å². The molecule has 7 nitrogen and oxygen atoms in total. The maximum absolute atomic E-state index is 12.2. The zero-order chi connectivity index (χ0) is 14.0. The number of carbonyl (C=O) groups excluding carboxylic acids is 1. The molecule has 7 heteroatoms. The zero-order valence-corrected chi connectivity index (χ0v) is 11.1. The minimum atomic E-state index is -0.875. The number of anilines is 1. The SMILES string of the molecule is Cc1n[nH]c(C)c1NC(=O)N1CCCC1CC(=O)O. The van der Waals surface area contributed by atoms with Gasteiger partial charge in [0.2, 0.25) is 0 Å². The predicted octanol–water partition coefficient (Wildman–Crippen LogP) is 1.50. The first-order chi connectivity index (χ1) is 8.99. The van der Waals surface area contributed by atoms with Crippen LogP contribution in [0.5, 0.6) is 0 Å². The van der Waals surface area contributed by atoms with Crippen LogP contribution in [-0.2, 0) is 4.79 Å². The molecule has 104 valence electrons. The summed E-state index contributed by atoms with van der Waals surface area (Å²) in [6, 6.07) is -0.471. The minimum absolute atomic E-state index is 0.00320. The Kier molecular flexibility index (Phi) is 3.73. The first-order valence-corrected chi connectivity index (χ1v) is 6.30. The van der Waals surface area contributed by atoms with Crippen molar-refractivity contribution in [3.8, 4) is 0 Å². The summed E-state index contributed by atoms with van der Waals surface area (Å²) in [4.78, 5) is 24.6. The molecule has 0 aromatic carbocycles. The number of H-pyrrole nitrogens is 1. The second kappa shape index (κ2) is 5.29. The van der Waals surface area contributed by atoms with Crippen LogP contribution < -0.4 is 5.32 Å². The monoisotopic (exact) mass is 266 g/mol. The highest BCUT2D eigenvalue weighted by atomic mass is 16.4. The molecule has 1 atom stereocenters. The number of rotatable bonds is 3. The fourth-order valence-corrected chi connectivity index (χ4v) is 2.43. The third-order valence-corrected chi connectivity index (χ3v) is 3.41. The Morgan fingerprint density at radius 2 is 2.26 bits per heavy atom. The zero-order valence-electron chi connectivity index (χ0n) is 11.1. The van der Waals surface area contributed by atoms with Crippen molar-refractivity contribution in [3.63, 3.8) is 0 Å². The molecule has 0 bridgehead atoms. The van der Waals surface area contributed by atoms with Gasteiger partial charge in [0, 0.05) is 12.6 Å². The van der Waals surface area contributed by atoms with Gasteiger partial charge in [-0.25, -0.2) is 4.79 Å². The van der Waals surface area contributed by atoms with E-state index in [1.807, 2.05) is 6.92 Å². The average molecular weight is 266 g/mol. The van der Waals surface area contributed by atoms with Gasteiger partial charge in [0.1, 0.15) is 0 Å². The van der Waals surface area contributed by atoms with Gasteiger partial charge in [-0.15, -0.1) is 0 Å². The molecule has 1 aromatic rings. The van der Waals surface area contributed by atoms with Crippen molar-refractivity contribution in [3.05, 3.63) is 11.4 Å². The lowest BCUT2D eigenvalue weighted by Gasteiger charge is -2.23. The summed E-state index contributed by atoms with van der Waals surface area (Å²) in [5.41, 5.74) is 2.19. The fourth-order valence-electron chi connectivity index (χ4n) is 2.43. The molecule has 0 spiro atoms. The summed E-state index contributed by atoms with van der Waals surface area (Å²) < 4.78 is 0. The van der Waals surface area contributed by atoms with Crippen LogP contribution in [0.2, 0.25) is 0 Å². The maximum Gasteiger partial charge on any atom is 0.322 e. The van der Waals surface area contributed by atoms with Crippen LogP contribution in [0.1, 0.15) is 30.7 Å². The molecular formula is C12H18N4O3. The quantitative estimate of drug-likeness (QED) is 0.772. The molecule has 1 unspecified atom stereocenters. The molecule has 0 radical (unpaired) electrons. The van der Waals surface area contributed by atoms with Crippen LogP contribution in [-0.4, -0.2) is 44.8 Å². The molecule has 0 saturated carbocycles. The number of nitrogens with zero attached hydrogens (tertiary/aromatic N) is 2. The van der Waals surface area contributed by atoms with Gasteiger partial charge in [-0.05, 0) is 26.7 Å². The van der Waals surface area contributed by atoms with Crippen LogP contribution >= 0.6 is 0 Å². The second-order valence-electron chi connectivity index (χ2n) is 4.83. The molecule has 1 fully saturated rings. The molecule has 2 heterocycles. The highest BCUT2D eigenvalue weighted by Crippen LogP contribution is 2.23. The highest BCUT2D eigenvalue weighted by Gasteiger charge is 2.30. The van der Waals surface area contributed by atoms with Gasteiger partial charge in [-0.3, -0.25) is 9.89 Å². The summed E-state index contributed by atoms with van der Waals surface area (Å²) >= 11 is 0. The van der Waals surface area contributed by atoms with E-state index in [-0.39, 0.29) is 18.5 Å². The van der Waals surface area contributed by atoms with E-state index in [2.05, 4.69) is 15.5 Å². The lowest BCUT2D eigenvalue weighted by molar-refractivity contribution is -0.137. The normalized spacial score (nSPS) is 18.6. The van der Waals surface area contributed by atoms with Gasteiger partial charge in [0.25, 0.3) is 0 Å². The van der Waals surface area contributed by atoms with Crippen molar-refractivity contribution < 1.29 is 14.7 Å². The largest absolute Gasteiger partial charge is 0.481 e. The van der Waals surface area contributed by atoms with Gasteiger partial charge in [-0.2, -0.15) is 5.10 Å². The smallest absolute Gasteiger partial charge is 0.322 e. The maximum atomic E-state index is 12.2. The molecule has 1 aliphatic rings. The highest BCUT2D eigenvalue weighted by molar-refractivity contribution is 5.91. The van der Waals surface area contributed by atoms with E-state index in [9.17, 15) is 9.59 Å². The first-order valence-electron chi connectivity index (χ1n) is 6.30. The Bertz CT molecular complexity index is 478. The van der Waals surface area contributed by atoms with Crippen molar-refractivity contribution in [2.45, 2.75) is 39.2 Å². The molecule has 0 aliphatic carbocycles. The van der Waals surface area contributed by atoms with Crippen LogP contribution in [0.15, 0.2) is 0 Å². The number of hydrogen-bond donors (Lipinski definition) is 3. The number of aliphatic carboxylic acids is 1. The fraction of sp³-hybridized carbons (Fsp3) is 0.583. The van der Waals surface area contributed by atoms with Crippen LogP contribution in [0.25, 0.3) is 0 Å². The van der Waals surface area contributed by atoms with Crippen molar-refractivity contribution in [2.75, 3.05) is 11.9 Å². The van der Waals surface area contributed by atoms with Crippen LogP contribution in [0.4, 0.5) is 10.5 Å². The predicted molar refractivity (Wildman–Crippen MR) is 69.1 cm³/mol. The average Bonchev–Trinajstić information content (AvgIpc) is 2.90. The molecule has 3 N–H and O–H groups in total. The van der Waals surface area contributed by atoms with Crippen molar-refractivity contribution in [1.29, 1.82) is 0 Å². The second-order valence-corrected chi connectivity index (χ2v) is 4.83. The third kappa shape index (κ3) is 2.86. The summed E-state index contributed by atoms with van der Waals surface area (Å²) in [7, 11) is 0. The standard InChI is InChI=1S/C12H18N4O3/c1-7-11(8(2)15-14-7)13-12(19)16-5-3-4-9(16)6-10(17)18/h9H,3-6H2,1-2H3,(H,13,19)(H,14,15)(H,17,18). The van der Waals surface area contributed by atoms with E-state index >= 15 is 0 Å². The number of carbonyl (C=O) groups is 2. The van der Waals surface area contributed by atoms with Crippen molar-refractivity contribution >= 4 is 17.7 Å². The Labute approximate surface area is 111 Å². The van der Waals surface area contributed by atoms with Gasteiger partial charge in [-0.1, -0.05) is 0 Å². The molecule has 19 heavy (non-hydrogen) atoms. The van der Waals surface area contributed by atoms with Gasteiger partial charge in [0.05, 0.1) is 23.5 Å². The molecular weight excluding hydrogens is 248 g/mol.